The Kier molecular flexibility index (Phi) is 5.76. The molecule has 0 fully saturated rings. The molecule has 1 unspecified atom stereocenters. The zero-order valence-corrected chi connectivity index (χ0v) is 13.4. The third-order valence-corrected chi connectivity index (χ3v) is 4.14. The Morgan fingerprint density at radius 1 is 1.39 bits per heavy atom. The third-order valence-electron chi connectivity index (χ3n) is 3.50. The van der Waals surface area contributed by atoms with Crippen LogP contribution in [-0.2, 0) is 17.4 Å². The van der Waals surface area contributed by atoms with Crippen LogP contribution in [0.5, 0.6) is 0 Å². The molecule has 0 aliphatic rings. The number of alkyl halides is 3. The van der Waals surface area contributed by atoms with E-state index >= 15 is 0 Å². The number of aromatic nitrogens is 1. The van der Waals surface area contributed by atoms with Crippen LogP contribution in [0.2, 0.25) is 0 Å². The summed E-state index contributed by atoms with van der Waals surface area (Å²) >= 11 is 1.48. The molecule has 0 radical (unpaired) electrons. The molecule has 0 saturated carbocycles. The summed E-state index contributed by atoms with van der Waals surface area (Å²) in [6, 6.07) is 4.96. The molecule has 1 atom stereocenters. The molecule has 1 N–H and O–H groups in total. The van der Waals surface area contributed by atoms with Gasteiger partial charge in [-0.3, -0.25) is 4.79 Å². The van der Waals surface area contributed by atoms with Gasteiger partial charge in [0.1, 0.15) is 0 Å². The Hall–Kier alpha value is -1.89. The maximum atomic E-state index is 12.8. The van der Waals surface area contributed by atoms with Crippen LogP contribution in [0.15, 0.2) is 35.2 Å². The van der Waals surface area contributed by atoms with Crippen molar-refractivity contribution < 1.29 is 18.0 Å². The minimum atomic E-state index is -4.41. The van der Waals surface area contributed by atoms with Gasteiger partial charge in [0.05, 0.1) is 22.7 Å². The Labute approximate surface area is 136 Å². The number of hydrogen-bond acceptors (Lipinski definition) is 3. The van der Waals surface area contributed by atoms with E-state index in [4.69, 9.17) is 0 Å². The van der Waals surface area contributed by atoms with E-state index in [0.29, 0.717) is 24.9 Å². The van der Waals surface area contributed by atoms with Gasteiger partial charge in [0.2, 0.25) is 5.91 Å². The lowest BCUT2D eigenvalue weighted by molar-refractivity contribution is -0.137. The SMILES string of the molecule is CCC(C(=O)NCCc1cscn1)c1cccc(C(F)(F)F)c1. The number of benzene rings is 1. The molecule has 0 aliphatic carbocycles. The number of nitrogens with one attached hydrogen (secondary N) is 1. The number of amides is 1. The first kappa shape index (κ1) is 17.5. The molecule has 2 rings (SSSR count). The van der Waals surface area contributed by atoms with Crippen molar-refractivity contribution >= 4 is 17.2 Å². The molecule has 124 valence electrons. The van der Waals surface area contributed by atoms with Crippen LogP contribution in [-0.4, -0.2) is 17.4 Å². The van der Waals surface area contributed by atoms with Crippen molar-refractivity contribution in [3.05, 3.63) is 52.0 Å². The Balaban J connectivity index is 2.02. The first-order chi connectivity index (χ1) is 10.9. The van der Waals surface area contributed by atoms with Gasteiger partial charge in [-0.1, -0.05) is 25.1 Å². The monoisotopic (exact) mass is 342 g/mol. The fourth-order valence-corrected chi connectivity index (χ4v) is 2.90. The lowest BCUT2D eigenvalue weighted by atomic mass is 9.94. The molecule has 2 aromatic rings. The minimum absolute atomic E-state index is 0.262. The smallest absolute Gasteiger partial charge is 0.355 e. The van der Waals surface area contributed by atoms with Crippen LogP contribution in [0, 0.1) is 0 Å². The summed E-state index contributed by atoms with van der Waals surface area (Å²) in [5.41, 5.74) is 2.26. The number of halogens is 3. The molecule has 23 heavy (non-hydrogen) atoms. The van der Waals surface area contributed by atoms with Crippen LogP contribution < -0.4 is 5.32 Å². The van der Waals surface area contributed by atoms with Crippen LogP contribution in [0.4, 0.5) is 13.2 Å². The fourth-order valence-electron chi connectivity index (χ4n) is 2.30. The summed E-state index contributed by atoms with van der Waals surface area (Å²) in [5, 5.41) is 4.67. The van der Waals surface area contributed by atoms with Crippen LogP contribution in [0.1, 0.15) is 36.1 Å². The summed E-state index contributed by atoms with van der Waals surface area (Å²) in [6.45, 7) is 2.20. The number of rotatable bonds is 6. The second-order valence-electron chi connectivity index (χ2n) is 5.10. The zero-order chi connectivity index (χ0) is 16.9. The second kappa shape index (κ2) is 7.59. The van der Waals surface area contributed by atoms with Crippen molar-refractivity contribution in [3.8, 4) is 0 Å². The predicted octanol–water partition coefficient (Wildman–Crippen LogP) is 4.01. The average Bonchev–Trinajstić information content (AvgIpc) is 3.01. The summed E-state index contributed by atoms with van der Waals surface area (Å²) in [7, 11) is 0. The van der Waals surface area contributed by atoms with E-state index in [0.717, 1.165) is 17.8 Å². The number of nitrogens with zero attached hydrogens (tertiary/aromatic N) is 1. The van der Waals surface area contributed by atoms with Gasteiger partial charge >= 0.3 is 6.18 Å². The molecule has 1 heterocycles. The van der Waals surface area contributed by atoms with Gasteiger partial charge in [-0.25, -0.2) is 4.98 Å². The zero-order valence-electron chi connectivity index (χ0n) is 12.6. The molecule has 0 aliphatic heterocycles. The van der Waals surface area contributed by atoms with E-state index < -0.39 is 17.7 Å². The highest BCUT2D eigenvalue weighted by Crippen LogP contribution is 2.31. The van der Waals surface area contributed by atoms with Crippen molar-refractivity contribution in [1.29, 1.82) is 0 Å². The largest absolute Gasteiger partial charge is 0.416 e. The average molecular weight is 342 g/mol. The number of hydrogen-bond donors (Lipinski definition) is 1. The van der Waals surface area contributed by atoms with E-state index in [9.17, 15) is 18.0 Å². The summed E-state index contributed by atoms with van der Waals surface area (Å²) < 4.78 is 38.4. The topological polar surface area (TPSA) is 42.0 Å². The summed E-state index contributed by atoms with van der Waals surface area (Å²) in [4.78, 5) is 16.4. The highest BCUT2D eigenvalue weighted by Gasteiger charge is 2.31. The van der Waals surface area contributed by atoms with E-state index in [1.165, 1.54) is 17.4 Å². The highest BCUT2D eigenvalue weighted by molar-refractivity contribution is 7.07. The van der Waals surface area contributed by atoms with Crippen molar-refractivity contribution in [3.63, 3.8) is 0 Å². The van der Waals surface area contributed by atoms with Crippen molar-refractivity contribution in [2.75, 3.05) is 6.54 Å². The first-order valence-electron chi connectivity index (χ1n) is 7.23. The molecular weight excluding hydrogens is 325 g/mol. The van der Waals surface area contributed by atoms with Crippen LogP contribution in [0.3, 0.4) is 0 Å². The molecule has 1 amide bonds. The minimum Gasteiger partial charge on any atom is -0.355 e. The molecule has 0 bridgehead atoms. The van der Waals surface area contributed by atoms with Crippen molar-refractivity contribution in [2.24, 2.45) is 0 Å². The van der Waals surface area contributed by atoms with Gasteiger partial charge in [0.25, 0.3) is 0 Å². The molecule has 3 nitrogen and oxygen atoms in total. The summed E-state index contributed by atoms with van der Waals surface area (Å²) in [5.74, 6) is -0.852. The van der Waals surface area contributed by atoms with Crippen molar-refractivity contribution in [1.82, 2.24) is 10.3 Å². The molecule has 7 heteroatoms. The quantitative estimate of drug-likeness (QED) is 0.862. The molecule has 1 aromatic heterocycles. The predicted molar refractivity (Wildman–Crippen MR) is 83.3 cm³/mol. The molecule has 0 saturated heterocycles. The Bertz CT molecular complexity index is 641. The van der Waals surface area contributed by atoms with Crippen LogP contribution in [0.25, 0.3) is 0 Å². The van der Waals surface area contributed by atoms with Gasteiger partial charge in [0, 0.05) is 18.3 Å². The lowest BCUT2D eigenvalue weighted by Crippen LogP contribution is -2.31. The second-order valence-corrected chi connectivity index (χ2v) is 5.82. The molecule has 1 aromatic carbocycles. The first-order valence-corrected chi connectivity index (χ1v) is 8.18. The van der Waals surface area contributed by atoms with Crippen molar-refractivity contribution in [2.45, 2.75) is 31.9 Å². The number of carbonyl (C=O) groups is 1. The lowest BCUT2D eigenvalue weighted by Gasteiger charge is -2.17. The van der Waals surface area contributed by atoms with E-state index in [-0.39, 0.29) is 5.91 Å². The maximum absolute atomic E-state index is 12.8. The fraction of sp³-hybridized carbons (Fsp3) is 0.375. The third kappa shape index (κ3) is 4.79. The Morgan fingerprint density at radius 2 is 2.17 bits per heavy atom. The van der Waals surface area contributed by atoms with Gasteiger partial charge in [-0.2, -0.15) is 13.2 Å². The number of carbonyl (C=O) groups excluding carboxylic acids is 1. The highest BCUT2D eigenvalue weighted by atomic mass is 32.1. The Morgan fingerprint density at radius 3 is 2.78 bits per heavy atom. The maximum Gasteiger partial charge on any atom is 0.416 e. The number of thiazole rings is 1. The standard InChI is InChI=1S/C16H17F3N2OS/c1-2-14(11-4-3-5-12(8-11)16(17,18)19)15(22)20-7-6-13-9-23-10-21-13/h3-5,8-10,14H,2,6-7H2,1H3,(H,20,22). The van der Waals surface area contributed by atoms with Gasteiger partial charge in [0.15, 0.2) is 0 Å². The van der Waals surface area contributed by atoms with Gasteiger partial charge in [-0.05, 0) is 18.1 Å². The van der Waals surface area contributed by atoms with E-state index in [1.807, 2.05) is 5.38 Å². The normalized spacial score (nSPS) is 12.9. The van der Waals surface area contributed by atoms with E-state index in [1.54, 1.807) is 18.5 Å². The molecule has 0 spiro atoms. The molecular formula is C16H17F3N2OS. The van der Waals surface area contributed by atoms with Gasteiger partial charge in [-0.15, -0.1) is 11.3 Å². The van der Waals surface area contributed by atoms with Crippen LogP contribution >= 0.6 is 11.3 Å². The summed E-state index contributed by atoms with van der Waals surface area (Å²) in [6.07, 6.45) is -3.37. The van der Waals surface area contributed by atoms with Gasteiger partial charge < -0.3 is 5.32 Å². The van der Waals surface area contributed by atoms with E-state index in [2.05, 4.69) is 10.3 Å².